The normalized spacial score (nSPS) is 11.9. The third-order valence-corrected chi connectivity index (χ3v) is 2.07. The van der Waals surface area contributed by atoms with Crippen molar-refractivity contribution in [3.8, 4) is 0 Å². The van der Waals surface area contributed by atoms with Crippen LogP contribution in [-0.2, 0) is 11.8 Å². The van der Waals surface area contributed by atoms with E-state index >= 15 is 0 Å². The summed E-state index contributed by atoms with van der Waals surface area (Å²) in [7, 11) is 1.51. The minimum Gasteiger partial charge on any atom is -0.480 e. The van der Waals surface area contributed by atoms with E-state index in [4.69, 9.17) is 5.11 Å². The molecule has 6 nitrogen and oxygen atoms in total. The van der Waals surface area contributed by atoms with Gasteiger partial charge in [0, 0.05) is 19.3 Å². The Morgan fingerprint density at radius 1 is 1.44 bits per heavy atom. The summed E-state index contributed by atoms with van der Waals surface area (Å²) in [4.78, 5) is 33.1. The lowest BCUT2D eigenvalue weighted by atomic mass is 10.2. The smallest absolute Gasteiger partial charge is 0.325 e. The van der Waals surface area contributed by atoms with E-state index in [1.807, 2.05) is 0 Å². The van der Waals surface area contributed by atoms with Gasteiger partial charge in [0.25, 0.3) is 5.91 Å². The van der Waals surface area contributed by atoms with Crippen LogP contribution in [-0.4, -0.2) is 27.6 Å². The van der Waals surface area contributed by atoms with Crippen molar-refractivity contribution in [1.29, 1.82) is 0 Å². The van der Waals surface area contributed by atoms with Crippen molar-refractivity contribution >= 4 is 11.9 Å². The van der Waals surface area contributed by atoms with Crippen LogP contribution in [0.15, 0.2) is 23.1 Å². The molecular formula is C10H12N2O4. The second kappa shape index (κ2) is 4.61. The Hall–Kier alpha value is -2.11. The van der Waals surface area contributed by atoms with Gasteiger partial charge in [0.15, 0.2) is 0 Å². The van der Waals surface area contributed by atoms with Crippen LogP contribution < -0.4 is 10.9 Å². The fourth-order valence-electron chi connectivity index (χ4n) is 1.07. The van der Waals surface area contributed by atoms with Crippen molar-refractivity contribution in [3.63, 3.8) is 0 Å². The third-order valence-electron chi connectivity index (χ3n) is 2.07. The molecule has 1 amide bonds. The number of carboxylic acid groups (broad SMARTS) is 1. The molecule has 6 heteroatoms. The molecule has 0 saturated carbocycles. The van der Waals surface area contributed by atoms with Gasteiger partial charge in [-0.05, 0) is 13.0 Å². The predicted molar refractivity (Wildman–Crippen MR) is 56.2 cm³/mol. The number of nitrogens with one attached hydrogen (secondary N) is 1. The van der Waals surface area contributed by atoms with Gasteiger partial charge < -0.3 is 15.0 Å². The van der Waals surface area contributed by atoms with Crippen molar-refractivity contribution in [2.75, 3.05) is 0 Å². The summed E-state index contributed by atoms with van der Waals surface area (Å²) in [5.41, 5.74) is 0.0121. The first-order valence-electron chi connectivity index (χ1n) is 4.62. The van der Waals surface area contributed by atoms with E-state index in [0.29, 0.717) is 0 Å². The molecular weight excluding hydrogens is 212 g/mol. The second-order valence-corrected chi connectivity index (χ2v) is 3.40. The fourth-order valence-corrected chi connectivity index (χ4v) is 1.07. The molecule has 16 heavy (non-hydrogen) atoms. The second-order valence-electron chi connectivity index (χ2n) is 3.40. The van der Waals surface area contributed by atoms with E-state index in [1.165, 1.54) is 36.9 Å². The van der Waals surface area contributed by atoms with E-state index in [2.05, 4.69) is 5.32 Å². The van der Waals surface area contributed by atoms with Crippen LogP contribution >= 0.6 is 0 Å². The number of amides is 1. The van der Waals surface area contributed by atoms with Gasteiger partial charge in [0.05, 0.1) is 5.56 Å². The number of hydrogen-bond acceptors (Lipinski definition) is 3. The molecule has 86 valence electrons. The van der Waals surface area contributed by atoms with Crippen LogP contribution in [0.5, 0.6) is 0 Å². The van der Waals surface area contributed by atoms with Gasteiger partial charge >= 0.3 is 5.97 Å². The van der Waals surface area contributed by atoms with Crippen LogP contribution in [0.3, 0.4) is 0 Å². The maximum atomic E-state index is 11.5. The highest BCUT2D eigenvalue weighted by Gasteiger charge is 2.15. The molecule has 0 aliphatic rings. The monoisotopic (exact) mass is 224 g/mol. The summed E-state index contributed by atoms with van der Waals surface area (Å²) in [6.45, 7) is 1.36. The van der Waals surface area contributed by atoms with E-state index in [1.54, 1.807) is 0 Å². The highest BCUT2D eigenvalue weighted by molar-refractivity contribution is 5.96. The van der Waals surface area contributed by atoms with E-state index < -0.39 is 17.9 Å². The molecule has 0 aromatic carbocycles. The molecule has 0 aliphatic heterocycles. The van der Waals surface area contributed by atoms with Crippen LogP contribution in [0.25, 0.3) is 0 Å². The van der Waals surface area contributed by atoms with E-state index in [0.717, 1.165) is 0 Å². The minimum atomic E-state index is -1.11. The van der Waals surface area contributed by atoms with Crippen molar-refractivity contribution in [2.45, 2.75) is 13.0 Å². The number of rotatable bonds is 3. The zero-order valence-electron chi connectivity index (χ0n) is 8.93. The number of aliphatic carboxylic acids is 1. The number of aromatic nitrogens is 1. The van der Waals surface area contributed by atoms with Crippen LogP contribution in [0.1, 0.15) is 17.3 Å². The number of hydrogen-bond donors (Lipinski definition) is 2. The number of carboxylic acids is 1. The summed E-state index contributed by atoms with van der Waals surface area (Å²) in [5, 5.41) is 10.9. The molecule has 1 heterocycles. The maximum Gasteiger partial charge on any atom is 0.325 e. The van der Waals surface area contributed by atoms with E-state index in [9.17, 15) is 14.4 Å². The number of pyridine rings is 1. The topological polar surface area (TPSA) is 88.4 Å². The first-order chi connectivity index (χ1) is 7.41. The molecule has 2 N–H and O–H groups in total. The number of nitrogens with zero attached hydrogens (tertiary/aromatic N) is 1. The third kappa shape index (κ3) is 2.69. The zero-order valence-corrected chi connectivity index (χ0v) is 8.93. The molecule has 0 aliphatic carbocycles. The minimum absolute atomic E-state index is 0.233. The average Bonchev–Trinajstić information content (AvgIpc) is 2.21. The highest BCUT2D eigenvalue weighted by Crippen LogP contribution is 1.96. The molecule has 0 bridgehead atoms. The van der Waals surface area contributed by atoms with Gasteiger partial charge in [-0.1, -0.05) is 0 Å². The van der Waals surface area contributed by atoms with Gasteiger partial charge in [0.2, 0.25) is 5.56 Å². The predicted octanol–water partition coefficient (Wildman–Crippen LogP) is -0.412. The Balaban J connectivity index is 2.85. The maximum absolute atomic E-state index is 11.5. The van der Waals surface area contributed by atoms with Crippen molar-refractivity contribution in [3.05, 3.63) is 34.2 Å². The molecule has 0 radical (unpaired) electrons. The summed E-state index contributed by atoms with van der Waals surface area (Å²) < 4.78 is 1.25. The molecule has 1 rings (SSSR count). The first-order valence-corrected chi connectivity index (χ1v) is 4.62. The van der Waals surface area contributed by atoms with Crippen molar-refractivity contribution in [2.24, 2.45) is 7.05 Å². The Kier molecular flexibility index (Phi) is 3.44. The summed E-state index contributed by atoms with van der Waals surface area (Å²) in [5.74, 6) is -1.64. The summed E-state index contributed by atoms with van der Waals surface area (Å²) in [6.07, 6.45) is 1.35. The van der Waals surface area contributed by atoms with Crippen molar-refractivity contribution < 1.29 is 14.7 Å². The van der Waals surface area contributed by atoms with Gasteiger partial charge in [-0.25, -0.2) is 0 Å². The number of carbonyl (C=O) groups excluding carboxylic acids is 1. The van der Waals surface area contributed by atoms with E-state index in [-0.39, 0.29) is 11.1 Å². The lowest BCUT2D eigenvalue weighted by molar-refractivity contribution is -0.138. The number of carbonyl (C=O) groups is 2. The van der Waals surface area contributed by atoms with Crippen molar-refractivity contribution in [1.82, 2.24) is 9.88 Å². The Bertz CT molecular complexity index is 478. The Morgan fingerprint density at radius 3 is 2.56 bits per heavy atom. The highest BCUT2D eigenvalue weighted by atomic mass is 16.4. The Labute approximate surface area is 91.5 Å². The van der Waals surface area contributed by atoms with Gasteiger partial charge in [-0.15, -0.1) is 0 Å². The van der Waals surface area contributed by atoms with Gasteiger partial charge in [0.1, 0.15) is 6.04 Å². The number of aryl methyl sites for hydroxylation is 1. The average molecular weight is 224 g/mol. The lowest BCUT2D eigenvalue weighted by Crippen LogP contribution is -2.38. The molecule has 0 spiro atoms. The largest absolute Gasteiger partial charge is 0.480 e. The summed E-state index contributed by atoms with van der Waals surface area (Å²) in [6, 6.07) is 1.64. The SMILES string of the molecule is C[C@H](NC(=O)c1ccc(=O)n(C)c1)C(=O)O. The molecule has 0 saturated heterocycles. The summed E-state index contributed by atoms with van der Waals surface area (Å²) >= 11 is 0. The molecule has 0 unspecified atom stereocenters. The van der Waals surface area contributed by atoms with Crippen LogP contribution in [0.4, 0.5) is 0 Å². The lowest BCUT2D eigenvalue weighted by Gasteiger charge is -2.09. The fraction of sp³-hybridized carbons (Fsp3) is 0.300. The van der Waals surface area contributed by atoms with Crippen LogP contribution in [0, 0.1) is 0 Å². The molecule has 1 aromatic heterocycles. The Morgan fingerprint density at radius 2 is 2.06 bits per heavy atom. The van der Waals surface area contributed by atoms with Crippen LogP contribution in [0.2, 0.25) is 0 Å². The first kappa shape index (κ1) is 12.0. The molecule has 1 atom stereocenters. The van der Waals surface area contributed by atoms with Gasteiger partial charge in [-0.2, -0.15) is 0 Å². The quantitative estimate of drug-likeness (QED) is 0.730. The standard InChI is InChI=1S/C10H12N2O4/c1-6(10(15)16)11-9(14)7-3-4-8(13)12(2)5-7/h3-6H,1-2H3,(H,11,14)(H,15,16)/t6-/m0/s1. The molecule has 0 fully saturated rings. The zero-order chi connectivity index (χ0) is 12.3. The molecule has 1 aromatic rings. The van der Waals surface area contributed by atoms with Gasteiger partial charge in [-0.3, -0.25) is 14.4 Å².